The van der Waals surface area contributed by atoms with E-state index in [0.717, 1.165) is 28.5 Å². The predicted octanol–water partition coefficient (Wildman–Crippen LogP) is 4.79. The SMILES string of the molecule is O=C(CCC1CCCCC1)NCc1ccnc(-c2cccs2)c1. The van der Waals surface area contributed by atoms with Crippen LogP contribution < -0.4 is 5.32 Å². The molecule has 3 rings (SSSR count). The number of thiophene rings is 1. The van der Waals surface area contributed by atoms with Gasteiger partial charge in [0.15, 0.2) is 0 Å². The maximum Gasteiger partial charge on any atom is 0.220 e. The summed E-state index contributed by atoms with van der Waals surface area (Å²) in [5, 5.41) is 5.10. The van der Waals surface area contributed by atoms with Crippen molar-refractivity contribution in [2.45, 2.75) is 51.5 Å². The minimum Gasteiger partial charge on any atom is -0.352 e. The van der Waals surface area contributed by atoms with E-state index < -0.39 is 0 Å². The topological polar surface area (TPSA) is 42.0 Å². The highest BCUT2D eigenvalue weighted by atomic mass is 32.1. The second-order valence-electron chi connectivity index (χ2n) is 6.35. The summed E-state index contributed by atoms with van der Waals surface area (Å²) in [6, 6.07) is 8.13. The van der Waals surface area contributed by atoms with Crippen LogP contribution >= 0.6 is 11.3 Å². The van der Waals surface area contributed by atoms with Gasteiger partial charge in [0, 0.05) is 19.2 Å². The summed E-state index contributed by atoms with van der Waals surface area (Å²) < 4.78 is 0. The van der Waals surface area contributed by atoms with E-state index in [4.69, 9.17) is 0 Å². The Morgan fingerprint density at radius 2 is 2.13 bits per heavy atom. The normalized spacial score (nSPS) is 15.5. The van der Waals surface area contributed by atoms with Gasteiger partial charge >= 0.3 is 0 Å². The van der Waals surface area contributed by atoms with Crippen LogP contribution in [-0.2, 0) is 11.3 Å². The third-order valence-corrected chi connectivity index (χ3v) is 5.48. The molecule has 0 bridgehead atoms. The van der Waals surface area contributed by atoms with Crippen LogP contribution in [0.4, 0.5) is 0 Å². The Hall–Kier alpha value is -1.68. The van der Waals surface area contributed by atoms with E-state index in [1.54, 1.807) is 11.3 Å². The first-order valence-electron chi connectivity index (χ1n) is 8.57. The number of carbonyl (C=O) groups excluding carboxylic acids is 1. The molecule has 2 aromatic rings. The molecule has 0 aliphatic heterocycles. The molecule has 1 N–H and O–H groups in total. The van der Waals surface area contributed by atoms with Crippen LogP contribution in [-0.4, -0.2) is 10.9 Å². The van der Waals surface area contributed by atoms with Crippen molar-refractivity contribution < 1.29 is 4.79 Å². The van der Waals surface area contributed by atoms with Crippen LogP contribution in [0.15, 0.2) is 35.8 Å². The summed E-state index contributed by atoms with van der Waals surface area (Å²) in [5.74, 6) is 0.936. The number of hydrogen-bond donors (Lipinski definition) is 1. The first kappa shape index (κ1) is 16.2. The number of carbonyl (C=O) groups is 1. The molecule has 1 aliphatic rings. The molecule has 23 heavy (non-hydrogen) atoms. The third-order valence-electron chi connectivity index (χ3n) is 4.59. The lowest BCUT2D eigenvalue weighted by molar-refractivity contribution is -0.121. The third kappa shape index (κ3) is 4.90. The second-order valence-corrected chi connectivity index (χ2v) is 7.29. The largest absolute Gasteiger partial charge is 0.352 e. The molecular weight excluding hydrogens is 304 g/mol. The lowest BCUT2D eigenvalue weighted by Crippen LogP contribution is -2.23. The van der Waals surface area contributed by atoms with Gasteiger partial charge in [-0.05, 0) is 41.5 Å². The van der Waals surface area contributed by atoms with Crippen molar-refractivity contribution in [1.82, 2.24) is 10.3 Å². The minimum atomic E-state index is 0.171. The van der Waals surface area contributed by atoms with E-state index in [2.05, 4.69) is 27.8 Å². The molecule has 0 saturated heterocycles. The number of pyridine rings is 1. The highest BCUT2D eigenvalue weighted by Gasteiger charge is 2.14. The monoisotopic (exact) mass is 328 g/mol. The van der Waals surface area contributed by atoms with E-state index in [1.807, 2.05) is 18.3 Å². The summed E-state index contributed by atoms with van der Waals surface area (Å²) >= 11 is 1.68. The van der Waals surface area contributed by atoms with Gasteiger partial charge in [0.05, 0.1) is 10.6 Å². The zero-order valence-corrected chi connectivity index (χ0v) is 14.3. The Bertz CT molecular complexity index is 618. The van der Waals surface area contributed by atoms with Crippen LogP contribution in [0.3, 0.4) is 0 Å². The average molecular weight is 328 g/mol. The van der Waals surface area contributed by atoms with Crippen LogP contribution in [0, 0.1) is 5.92 Å². The first-order chi connectivity index (χ1) is 11.3. The Morgan fingerprint density at radius 1 is 1.26 bits per heavy atom. The summed E-state index contributed by atoms with van der Waals surface area (Å²) in [7, 11) is 0. The van der Waals surface area contributed by atoms with Gasteiger partial charge in [0.25, 0.3) is 0 Å². The maximum atomic E-state index is 12.0. The molecular formula is C19H24N2OS. The van der Waals surface area contributed by atoms with Gasteiger partial charge in [-0.25, -0.2) is 0 Å². The Labute approximate surface area is 142 Å². The van der Waals surface area contributed by atoms with E-state index >= 15 is 0 Å². The number of nitrogens with zero attached hydrogens (tertiary/aromatic N) is 1. The van der Waals surface area contributed by atoms with Crippen molar-refractivity contribution in [3.8, 4) is 10.6 Å². The van der Waals surface area contributed by atoms with Gasteiger partial charge in [-0.15, -0.1) is 11.3 Å². The van der Waals surface area contributed by atoms with Crippen LogP contribution in [0.5, 0.6) is 0 Å². The fraction of sp³-hybridized carbons (Fsp3) is 0.474. The van der Waals surface area contributed by atoms with Crippen LogP contribution in [0.1, 0.15) is 50.5 Å². The van der Waals surface area contributed by atoms with Gasteiger partial charge in [-0.3, -0.25) is 9.78 Å². The molecule has 1 aliphatic carbocycles. The molecule has 0 atom stereocenters. The lowest BCUT2D eigenvalue weighted by Gasteiger charge is -2.21. The lowest BCUT2D eigenvalue weighted by atomic mass is 9.86. The summed E-state index contributed by atoms with van der Waals surface area (Å²) in [6.07, 6.45) is 10.2. The van der Waals surface area contributed by atoms with Crippen LogP contribution in [0.2, 0.25) is 0 Å². The molecule has 0 radical (unpaired) electrons. The molecule has 1 saturated carbocycles. The molecule has 2 heterocycles. The van der Waals surface area contributed by atoms with Crippen molar-refractivity contribution >= 4 is 17.2 Å². The molecule has 0 unspecified atom stereocenters. The molecule has 4 heteroatoms. The smallest absolute Gasteiger partial charge is 0.220 e. The van der Waals surface area contributed by atoms with E-state index in [1.165, 1.54) is 32.1 Å². The Kier molecular flexibility index (Phi) is 5.81. The fourth-order valence-corrected chi connectivity index (χ4v) is 3.94. The predicted molar refractivity (Wildman–Crippen MR) is 95.2 cm³/mol. The van der Waals surface area contributed by atoms with Gasteiger partial charge in [-0.1, -0.05) is 38.2 Å². The molecule has 3 nitrogen and oxygen atoms in total. The number of hydrogen-bond acceptors (Lipinski definition) is 3. The van der Waals surface area contributed by atoms with Gasteiger partial charge in [0.2, 0.25) is 5.91 Å². The maximum absolute atomic E-state index is 12.0. The van der Waals surface area contributed by atoms with Crippen molar-refractivity contribution in [3.05, 3.63) is 41.4 Å². The summed E-state index contributed by atoms with van der Waals surface area (Å²) in [4.78, 5) is 17.6. The molecule has 122 valence electrons. The van der Waals surface area contributed by atoms with E-state index in [0.29, 0.717) is 13.0 Å². The molecule has 1 fully saturated rings. The highest BCUT2D eigenvalue weighted by molar-refractivity contribution is 7.13. The quantitative estimate of drug-likeness (QED) is 0.828. The molecule has 1 amide bonds. The Morgan fingerprint density at radius 3 is 2.91 bits per heavy atom. The summed E-state index contributed by atoms with van der Waals surface area (Å²) in [5.41, 5.74) is 2.09. The fourth-order valence-electron chi connectivity index (χ4n) is 3.24. The van der Waals surface area contributed by atoms with Crippen molar-refractivity contribution in [3.63, 3.8) is 0 Å². The molecule has 0 spiro atoms. The number of nitrogens with one attached hydrogen (secondary N) is 1. The standard InChI is InChI=1S/C19H24N2OS/c22-19(9-8-15-5-2-1-3-6-15)21-14-16-10-11-20-17(13-16)18-7-4-12-23-18/h4,7,10-13,15H,1-3,5-6,8-9,14H2,(H,21,22). The van der Waals surface area contributed by atoms with Gasteiger partial charge in [-0.2, -0.15) is 0 Å². The first-order valence-corrected chi connectivity index (χ1v) is 9.45. The zero-order valence-electron chi connectivity index (χ0n) is 13.5. The van der Waals surface area contributed by atoms with Crippen molar-refractivity contribution in [2.24, 2.45) is 5.92 Å². The van der Waals surface area contributed by atoms with E-state index in [-0.39, 0.29) is 5.91 Å². The highest BCUT2D eigenvalue weighted by Crippen LogP contribution is 2.27. The van der Waals surface area contributed by atoms with Crippen molar-refractivity contribution in [1.29, 1.82) is 0 Å². The summed E-state index contributed by atoms with van der Waals surface area (Å²) in [6.45, 7) is 0.588. The number of amides is 1. The molecule has 2 aromatic heterocycles. The van der Waals surface area contributed by atoms with Gasteiger partial charge < -0.3 is 5.32 Å². The van der Waals surface area contributed by atoms with Crippen molar-refractivity contribution in [2.75, 3.05) is 0 Å². The number of aromatic nitrogens is 1. The molecule has 0 aromatic carbocycles. The average Bonchev–Trinajstić information content (AvgIpc) is 3.14. The van der Waals surface area contributed by atoms with E-state index in [9.17, 15) is 4.79 Å². The van der Waals surface area contributed by atoms with Gasteiger partial charge in [0.1, 0.15) is 0 Å². The zero-order chi connectivity index (χ0) is 15.9. The minimum absolute atomic E-state index is 0.171. The second kappa shape index (κ2) is 8.25. The number of rotatable bonds is 6. The Balaban J connectivity index is 1.46. The van der Waals surface area contributed by atoms with Crippen LogP contribution in [0.25, 0.3) is 10.6 Å².